The number of aromatic nitrogens is 2. The molecule has 0 saturated heterocycles. The maximum absolute atomic E-state index is 5.46. The minimum atomic E-state index is 0.199. The standard InChI is InChI=1S/C10H8BrN3O/c11-7-1-3-8(4-2-7)15-9-5-6-13-10(12)14-9/h1-6H,(H2,12,13,14). The summed E-state index contributed by atoms with van der Waals surface area (Å²) in [6.07, 6.45) is 1.55. The van der Waals surface area contributed by atoms with Crippen LogP contribution in [0.4, 0.5) is 5.95 Å². The molecule has 0 aliphatic heterocycles. The normalized spacial score (nSPS) is 9.93. The number of nitrogens with two attached hydrogens (primary N) is 1. The molecule has 0 aliphatic rings. The van der Waals surface area contributed by atoms with E-state index >= 15 is 0 Å². The predicted molar refractivity (Wildman–Crippen MR) is 60.7 cm³/mol. The Balaban J connectivity index is 2.18. The highest BCUT2D eigenvalue weighted by Gasteiger charge is 1.99. The Labute approximate surface area is 95.2 Å². The number of rotatable bonds is 2. The van der Waals surface area contributed by atoms with E-state index in [0.717, 1.165) is 4.47 Å². The van der Waals surface area contributed by atoms with Crippen molar-refractivity contribution < 1.29 is 4.74 Å². The van der Waals surface area contributed by atoms with Crippen molar-refractivity contribution >= 4 is 21.9 Å². The Morgan fingerprint density at radius 2 is 1.87 bits per heavy atom. The average Bonchev–Trinajstić information content (AvgIpc) is 2.22. The monoisotopic (exact) mass is 265 g/mol. The van der Waals surface area contributed by atoms with Crippen molar-refractivity contribution in [1.29, 1.82) is 0 Å². The summed E-state index contributed by atoms with van der Waals surface area (Å²) in [4.78, 5) is 7.70. The third-order valence-electron chi connectivity index (χ3n) is 1.68. The first-order chi connectivity index (χ1) is 7.24. The van der Waals surface area contributed by atoms with Gasteiger partial charge < -0.3 is 10.5 Å². The van der Waals surface area contributed by atoms with Crippen LogP contribution in [0.1, 0.15) is 0 Å². The zero-order chi connectivity index (χ0) is 10.7. The largest absolute Gasteiger partial charge is 0.439 e. The molecule has 4 nitrogen and oxygen atoms in total. The van der Waals surface area contributed by atoms with E-state index < -0.39 is 0 Å². The van der Waals surface area contributed by atoms with Gasteiger partial charge in [-0.1, -0.05) is 15.9 Å². The molecule has 0 saturated carbocycles. The topological polar surface area (TPSA) is 61.0 Å². The van der Waals surface area contributed by atoms with Gasteiger partial charge in [0.25, 0.3) is 0 Å². The van der Waals surface area contributed by atoms with Crippen LogP contribution >= 0.6 is 15.9 Å². The van der Waals surface area contributed by atoms with E-state index in [-0.39, 0.29) is 5.95 Å². The van der Waals surface area contributed by atoms with Crippen molar-refractivity contribution in [2.45, 2.75) is 0 Å². The molecule has 0 radical (unpaired) electrons. The fourth-order valence-electron chi connectivity index (χ4n) is 1.04. The van der Waals surface area contributed by atoms with Crippen molar-refractivity contribution in [1.82, 2.24) is 9.97 Å². The molecule has 1 heterocycles. The fraction of sp³-hybridized carbons (Fsp3) is 0. The van der Waals surface area contributed by atoms with Gasteiger partial charge in [0.2, 0.25) is 11.8 Å². The number of benzene rings is 1. The van der Waals surface area contributed by atoms with E-state index in [9.17, 15) is 0 Å². The lowest BCUT2D eigenvalue weighted by molar-refractivity contribution is 0.462. The average molecular weight is 266 g/mol. The van der Waals surface area contributed by atoms with E-state index in [1.807, 2.05) is 24.3 Å². The molecule has 2 rings (SSSR count). The van der Waals surface area contributed by atoms with E-state index in [2.05, 4.69) is 25.9 Å². The number of hydrogen-bond donors (Lipinski definition) is 1. The number of halogens is 1. The quantitative estimate of drug-likeness (QED) is 0.907. The van der Waals surface area contributed by atoms with Crippen LogP contribution in [0, 0.1) is 0 Å². The van der Waals surface area contributed by atoms with Crippen LogP contribution in [0.15, 0.2) is 41.0 Å². The van der Waals surface area contributed by atoms with E-state index in [4.69, 9.17) is 10.5 Å². The number of ether oxygens (including phenoxy) is 1. The predicted octanol–water partition coefficient (Wildman–Crippen LogP) is 2.61. The molecule has 0 amide bonds. The van der Waals surface area contributed by atoms with Gasteiger partial charge in [0.05, 0.1) is 0 Å². The van der Waals surface area contributed by atoms with E-state index in [0.29, 0.717) is 11.6 Å². The Morgan fingerprint density at radius 1 is 1.13 bits per heavy atom. The summed E-state index contributed by atoms with van der Waals surface area (Å²) in [6.45, 7) is 0. The molecule has 0 fully saturated rings. The minimum absolute atomic E-state index is 0.199. The second-order valence-electron chi connectivity index (χ2n) is 2.81. The lowest BCUT2D eigenvalue weighted by atomic mass is 10.3. The van der Waals surface area contributed by atoms with Crippen molar-refractivity contribution in [3.63, 3.8) is 0 Å². The first-order valence-electron chi connectivity index (χ1n) is 4.26. The van der Waals surface area contributed by atoms with Crippen molar-refractivity contribution in [3.8, 4) is 11.6 Å². The minimum Gasteiger partial charge on any atom is -0.439 e. The lowest BCUT2D eigenvalue weighted by Gasteiger charge is -2.04. The Hall–Kier alpha value is -1.62. The first kappa shape index (κ1) is 9.92. The van der Waals surface area contributed by atoms with Crippen LogP contribution in [-0.4, -0.2) is 9.97 Å². The maximum atomic E-state index is 5.46. The molecule has 5 heteroatoms. The van der Waals surface area contributed by atoms with Crippen LogP contribution in [0.25, 0.3) is 0 Å². The highest BCUT2D eigenvalue weighted by molar-refractivity contribution is 9.10. The molecule has 15 heavy (non-hydrogen) atoms. The van der Waals surface area contributed by atoms with Gasteiger partial charge in [0.15, 0.2) is 0 Å². The Kier molecular flexibility index (Phi) is 2.82. The highest BCUT2D eigenvalue weighted by Crippen LogP contribution is 2.21. The molecule has 0 unspecified atom stereocenters. The Bertz CT molecular complexity index is 458. The Morgan fingerprint density at radius 3 is 2.53 bits per heavy atom. The van der Waals surface area contributed by atoms with Gasteiger partial charge in [-0.05, 0) is 24.3 Å². The summed E-state index contributed by atoms with van der Waals surface area (Å²) in [7, 11) is 0. The summed E-state index contributed by atoms with van der Waals surface area (Å²) in [5, 5.41) is 0. The first-order valence-corrected chi connectivity index (χ1v) is 5.05. The third kappa shape index (κ3) is 2.66. The van der Waals surface area contributed by atoms with Gasteiger partial charge in [-0.3, -0.25) is 0 Å². The van der Waals surface area contributed by atoms with Crippen molar-refractivity contribution in [2.24, 2.45) is 0 Å². The molecule has 0 aliphatic carbocycles. The van der Waals surface area contributed by atoms with E-state index in [1.54, 1.807) is 12.3 Å². The second kappa shape index (κ2) is 4.27. The summed E-state index contributed by atoms with van der Waals surface area (Å²) < 4.78 is 6.46. The highest BCUT2D eigenvalue weighted by atomic mass is 79.9. The third-order valence-corrected chi connectivity index (χ3v) is 2.21. The number of nitrogen functional groups attached to an aromatic ring is 1. The maximum Gasteiger partial charge on any atom is 0.224 e. The second-order valence-corrected chi connectivity index (χ2v) is 3.72. The molecule has 0 atom stereocenters. The van der Waals surface area contributed by atoms with Gasteiger partial charge in [-0.15, -0.1) is 0 Å². The van der Waals surface area contributed by atoms with Crippen LogP contribution in [0.2, 0.25) is 0 Å². The number of nitrogens with zero attached hydrogens (tertiary/aromatic N) is 2. The molecule has 2 N–H and O–H groups in total. The smallest absolute Gasteiger partial charge is 0.224 e. The molecule has 0 spiro atoms. The lowest BCUT2D eigenvalue weighted by Crippen LogP contribution is -1.95. The van der Waals surface area contributed by atoms with Gasteiger partial charge in [-0.25, -0.2) is 4.98 Å². The molecule has 1 aromatic heterocycles. The van der Waals surface area contributed by atoms with Gasteiger partial charge in [0.1, 0.15) is 5.75 Å². The molecule has 0 bridgehead atoms. The fourth-order valence-corrected chi connectivity index (χ4v) is 1.30. The van der Waals surface area contributed by atoms with Crippen LogP contribution < -0.4 is 10.5 Å². The van der Waals surface area contributed by atoms with Crippen LogP contribution in [0.5, 0.6) is 11.6 Å². The van der Waals surface area contributed by atoms with Crippen LogP contribution in [-0.2, 0) is 0 Å². The number of anilines is 1. The van der Waals surface area contributed by atoms with Gasteiger partial charge in [-0.2, -0.15) is 4.98 Å². The summed E-state index contributed by atoms with van der Waals surface area (Å²) >= 11 is 3.34. The molecule has 76 valence electrons. The summed E-state index contributed by atoms with van der Waals surface area (Å²) in [6, 6.07) is 9.10. The van der Waals surface area contributed by atoms with E-state index in [1.165, 1.54) is 0 Å². The van der Waals surface area contributed by atoms with Crippen molar-refractivity contribution in [3.05, 3.63) is 41.0 Å². The number of hydrogen-bond acceptors (Lipinski definition) is 4. The van der Waals surface area contributed by atoms with Crippen LogP contribution in [0.3, 0.4) is 0 Å². The molecular formula is C10H8BrN3O. The zero-order valence-corrected chi connectivity index (χ0v) is 9.31. The summed E-state index contributed by atoms with van der Waals surface area (Å²) in [5.41, 5.74) is 5.43. The molecular weight excluding hydrogens is 258 g/mol. The molecule has 1 aromatic carbocycles. The van der Waals surface area contributed by atoms with Gasteiger partial charge in [0, 0.05) is 16.7 Å². The van der Waals surface area contributed by atoms with Crippen molar-refractivity contribution in [2.75, 3.05) is 5.73 Å². The summed E-state index contributed by atoms with van der Waals surface area (Å²) in [5.74, 6) is 1.34. The molecule has 2 aromatic rings. The van der Waals surface area contributed by atoms with Gasteiger partial charge >= 0.3 is 0 Å². The SMILES string of the molecule is Nc1nccc(Oc2ccc(Br)cc2)n1. The zero-order valence-electron chi connectivity index (χ0n) is 7.72.